The van der Waals surface area contributed by atoms with Gasteiger partial charge in [-0.05, 0) is 78.9 Å². The molecule has 0 radical (unpaired) electrons. The second-order valence-corrected chi connectivity index (χ2v) is 14.8. The first-order chi connectivity index (χ1) is 26.8. The first kappa shape index (κ1) is 29.7. The minimum Gasteiger partial charge on any atom is -0.228 e. The summed E-state index contributed by atoms with van der Waals surface area (Å²) in [6.07, 6.45) is 0. The molecule has 12 rings (SSSR count). The maximum absolute atomic E-state index is 5.28. The van der Waals surface area contributed by atoms with Crippen molar-refractivity contribution in [1.29, 1.82) is 0 Å². The molecule has 8 aromatic carbocycles. The predicted molar refractivity (Wildman–Crippen MR) is 219 cm³/mol. The smallest absolute Gasteiger partial charge is 0.160 e. The molecule has 0 fully saturated rings. The van der Waals surface area contributed by atoms with E-state index in [0.717, 1.165) is 33.5 Å². The molecule has 0 amide bonds. The molecule has 0 saturated carbocycles. The van der Waals surface area contributed by atoms with E-state index in [-0.39, 0.29) is 0 Å². The van der Waals surface area contributed by atoms with Gasteiger partial charge in [0.1, 0.15) is 0 Å². The van der Waals surface area contributed by atoms with Crippen LogP contribution in [0, 0.1) is 0 Å². The predicted octanol–water partition coefficient (Wildman–Crippen LogP) is 12.0. The van der Waals surface area contributed by atoms with Gasteiger partial charge in [0.15, 0.2) is 5.82 Å². The number of nitrogens with zero attached hydrogens (tertiary/aromatic N) is 2. The van der Waals surface area contributed by atoms with Crippen LogP contribution in [0.4, 0.5) is 0 Å². The van der Waals surface area contributed by atoms with Crippen LogP contribution in [0.25, 0.3) is 55.8 Å². The first-order valence-electron chi connectivity index (χ1n) is 18.8. The van der Waals surface area contributed by atoms with Crippen LogP contribution in [0.2, 0.25) is 0 Å². The summed E-state index contributed by atoms with van der Waals surface area (Å²) in [7, 11) is 0. The van der Waals surface area contributed by atoms with E-state index in [1.54, 1.807) is 0 Å². The molecule has 1 spiro atoms. The fourth-order valence-electron chi connectivity index (χ4n) is 10.4. The lowest BCUT2D eigenvalue weighted by Gasteiger charge is -2.48. The van der Waals surface area contributed by atoms with Gasteiger partial charge in [-0.2, -0.15) is 0 Å². The van der Waals surface area contributed by atoms with Crippen LogP contribution in [0.5, 0.6) is 0 Å². The van der Waals surface area contributed by atoms with Gasteiger partial charge in [0.2, 0.25) is 0 Å². The van der Waals surface area contributed by atoms with Crippen molar-refractivity contribution >= 4 is 10.9 Å². The Hall–Kier alpha value is -6.90. The van der Waals surface area contributed by atoms with Crippen LogP contribution < -0.4 is 0 Å². The van der Waals surface area contributed by atoms with Crippen molar-refractivity contribution in [2.75, 3.05) is 0 Å². The van der Waals surface area contributed by atoms with Crippen LogP contribution >= 0.6 is 0 Å². The van der Waals surface area contributed by atoms with Gasteiger partial charge >= 0.3 is 0 Å². The van der Waals surface area contributed by atoms with Crippen LogP contribution in [0.15, 0.2) is 194 Å². The molecule has 2 nitrogen and oxygen atoms in total. The van der Waals surface area contributed by atoms with Crippen molar-refractivity contribution in [3.63, 3.8) is 0 Å². The van der Waals surface area contributed by atoms with Crippen LogP contribution in [-0.2, 0) is 10.8 Å². The Bertz CT molecular complexity index is 3000. The molecule has 2 unspecified atom stereocenters. The lowest BCUT2D eigenvalue weighted by molar-refractivity contribution is 0.636. The van der Waals surface area contributed by atoms with Gasteiger partial charge in [-0.15, -0.1) is 0 Å². The molecule has 54 heavy (non-hydrogen) atoms. The molecule has 0 N–H and O–H groups in total. The summed E-state index contributed by atoms with van der Waals surface area (Å²) < 4.78 is 0. The van der Waals surface area contributed by atoms with Crippen molar-refractivity contribution < 1.29 is 0 Å². The third-order valence-corrected chi connectivity index (χ3v) is 12.4. The van der Waals surface area contributed by atoms with Crippen molar-refractivity contribution in [3.8, 4) is 44.9 Å². The third-order valence-electron chi connectivity index (χ3n) is 12.4. The summed E-state index contributed by atoms with van der Waals surface area (Å²) >= 11 is 0. The largest absolute Gasteiger partial charge is 0.228 e. The van der Waals surface area contributed by atoms with E-state index in [0.29, 0.717) is 0 Å². The summed E-state index contributed by atoms with van der Waals surface area (Å²) in [5.74, 6) is 0.733. The van der Waals surface area contributed by atoms with Gasteiger partial charge in [-0.3, -0.25) is 0 Å². The van der Waals surface area contributed by atoms with E-state index in [2.05, 4.69) is 194 Å². The maximum atomic E-state index is 5.28. The summed E-state index contributed by atoms with van der Waals surface area (Å²) in [5, 5.41) is 1.05. The summed E-state index contributed by atoms with van der Waals surface area (Å²) in [5.41, 5.74) is 18.8. The molecule has 2 heteroatoms. The Labute approximate surface area is 314 Å². The molecule has 1 heterocycles. The molecule has 250 valence electrons. The molecular weight excluding hydrogens is 653 g/mol. The fourth-order valence-corrected chi connectivity index (χ4v) is 10.4. The average molecular weight is 685 g/mol. The average Bonchev–Trinajstić information content (AvgIpc) is 3.72. The normalized spacial score (nSPS) is 18.1. The van der Waals surface area contributed by atoms with Gasteiger partial charge in [-0.1, -0.05) is 182 Å². The monoisotopic (exact) mass is 684 g/mol. The molecule has 0 aliphatic heterocycles. The van der Waals surface area contributed by atoms with Gasteiger partial charge < -0.3 is 0 Å². The zero-order valence-electron chi connectivity index (χ0n) is 29.4. The van der Waals surface area contributed by atoms with E-state index < -0.39 is 10.8 Å². The number of fused-ring (bicyclic) bond motifs is 13. The maximum Gasteiger partial charge on any atom is 0.160 e. The SMILES string of the molecule is c1ccc(-c2nc(-c3ccc4c(c3)-c3ccccc3C43c4ccccc4C4(c5ccccc5)c5ccccc5-c5cccc3c54)nc3ccccc23)cc1. The molecule has 9 aromatic rings. The highest BCUT2D eigenvalue weighted by molar-refractivity contribution is 5.97. The second kappa shape index (κ2) is 10.8. The number of rotatable bonds is 3. The van der Waals surface area contributed by atoms with Crippen molar-refractivity contribution in [1.82, 2.24) is 9.97 Å². The minimum absolute atomic E-state index is 0.448. The van der Waals surface area contributed by atoms with Crippen LogP contribution in [0.3, 0.4) is 0 Å². The number of para-hydroxylation sites is 1. The summed E-state index contributed by atoms with van der Waals surface area (Å²) in [4.78, 5) is 10.5. The zero-order chi connectivity index (χ0) is 35.4. The highest BCUT2D eigenvalue weighted by Crippen LogP contribution is 2.68. The van der Waals surface area contributed by atoms with Gasteiger partial charge in [0.05, 0.1) is 22.0 Å². The lowest BCUT2D eigenvalue weighted by Crippen LogP contribution is -2.43. The third kappa shape index (κ3) is 3.60. The fraction of sp³-hybridized carbons (Fsp3) is 0.0385. The van der Waals surface area contributed by atoms with Gasteiger partial charge in [-0.25, -0.2) is 9.97 Å². The Morgan fingerprint density at radius 1 is 0.333 bits per heavy atom. The minimum atomic E-state index is -0.522. The molecular formula is C52H32N2. The Kier molecular flexibility index (Phi) is 5.94. The lowest BCUT2D eigenvalue weighted by atomic mass is 9.52. The Balaban J connectivity index is 1.17. The van der Waals surface area contributed by atoms with Crippen molar-refractivity contribution in [2.24, 2.45) is 0 Å². The van der Waals surface area contributed by atoms with E-state index in [1.165, 1.54) is 66.8 Å². The molecule has 1 aromatic heterocycles. The zero-order valence-corrected chi connectivity index (χ0v) is 29.4. The summed E-state index contributed by atoms with van der Waals surface area (Å²) in [6.45, 7) is 0. The second-order valence-electron chi connectivity index (χ2n) is 14.8. The van der Waals surface area contributed by atoms with E-state index >= 15 is 0 Å². The molecule has 0 bridgehead atoms. The van der Waals surface area contributed by atoms with Gasteiger partial charge in [0.25, 0.3) is 0 Å². The van der Waals surface area contributed by atoms with E-state index in [1.807, 2.05) is 0 Å². The Morgan fingerprint density at radius 2 is 0.889 bits per heavy atom. The number of hydrogen-bond acceptors (Lipinski definition) is 2. The van der Waals surface area contributed by atoms with Crippen LogP contribution in [0.1, 0.15) is 44.5 Å². The first-order valence-corrected chi connectivity index (χ1v) is 18.8. The highest BCUT2D eigenvalue weighted by Gasteiger charge is 2.59. The van der Waals surface area contributed by atoms with Crippen molar-refractivity contribution in [3.05, 3.63) is 239 Å². The van der Waals surface area contributed by atoms with Crippen molar-refractivity contribution in [2.45, 2.75) is 10.8 Å². The van der Waals surface area contributed by atoms with Gasteiger partial charge in [0, 0.05) is 16.5 Å². The highest BCUT2D eigenvalue weighted by atomic mass is 14.9. The topological polar surface area (TPSA) is 25.8 Å². The quantitative estimate of drug-likeness (QED) is 0.185. The molecule has 0 saturated heterocycles. The number of benzene rings is 8. The Morgan fingerprint density at radius 3 is 1.67 bits per heavy atom. The molecule has 2 atom stereocenters. The van der Waals surface area contributed by atoms with E-state index in [9.17, 15) is 0 Å². The number of hydrogen-bond donors (Lipinski definition) is 0. The standard InChI is InChI=1S/C52H32N2/c1-3-16-33(17-4-1)49-39-22-9-14-29-47(39)53-50(54-49)34-30-31-43-40(32-34)37-21-8-11-25-42(37)52(43)45-27-13-12-26-44(45)51(35-18-5-2-6-19-35)41-24-10-7-20-36(41)38-23-15-28-46(52)48(38)51/h1-32H. The van der Waals surface area contributed by atoms with E-state index in [4.69, 9.17) is 9.97 Å². The summed E-state index contributed by atoms with van der Waals surface area (Å²) in [6, 6.07) is 71.4. The van der Waals surface area contributed by atoms with Crippen LogP contribution in [-0.4, -0.2) is 9.97 Å². The number of aromatic nitrogens is 2. The molecule has 3 aliphatic rings. The molecule has 3 aliphatic carbocycles.